The number of benzene rings is 2. The molecule has 2 aromatic carbocycles. The molecule has 0 spiro atoms. The average molecular weight is 378 g/mol. The Morgan fingerprint density at radius 3 is 2.38 bits per heavy atom. The van der Waals surface area contributed by atoms with Crippen LogP contribution in [-0.2, 0) is 23.1 Å². The zero-order chi connectivity index (χ0) is 18.8. The number of nitrogens with zero attached hydrogens (tertiary/aromatic N) is 1. The summed E-state index contributed by atoms with van der Waals surface area (Å²) in [6.45, 7) is 0.690. The number of sulfonamides is 1. The van der Waals surface area contributed by atoms with Crippen molar-refractivity contribution in [3.63, 3.8) is 0 Å². The Morgan fingerprint density at radius 2 is 1.69 bits per heavy atom. The van der Waals surface area contributed by atoms with E-state index in [-0.39, 0.29) is 31.2 Å². The molecule has 3 N–H and O–H groups in total. The summed E-state index contributed by atoms with van der Waals surface area (Å²) in [5.74, 6) is 0.00917. The predicted molar refractivity (Wildman–Crippen MR) is 102 cm³/mol. The van der Waals surface area contributed by atoms with Gasteiger partial charge in [0.15, 0.2) is 5.96 Å². The van der Waals surface area contributed by atoms with Gasteiger partial charge >= 0.3 is 0 Å². The fourth-order valence-electron chi connectivity index (χ4n) is 2.21. The Morgan fingerprint density at radius 1 is 1.00 bits per heavy atom. The van der Waals surface area contributed by atoms with Crippen molar-refractivity contribution >= 4 is 16.0 Å². The van der Waals surface area contributed by atoms with E-state index in [2.05, 4.69) is 20.3 Å². The molecule has 2 aromatic rings. The number of aliphatic imine (C=N–C) groups is 1. The fraction of sp³-hybridized carbons (Fsp3) is 0.278. The van der Waals surface area contributed by atoms with Crippen LogP contribution in [0.15, 0.2) is 59.6 Å². The van der Waals surface area contributed by atoms with Crippen LogP contribution in [0.2, 0.25) is 0 Å². The highest BCUT2D eigenvalue weighted by Crippen LogP contribution is 2.05. The minimum atomic E-state index is -3.41. The van der Waals surface area contributed by atoms with E-state index in [0.717, 1.165) is 5.56 Å². The average Bonchev–Trinajstić information content (AvgIpc) is 2.65. The molecule has 0 amide bonds. The van der Waals surface area contributed by atoms with E-state index in [4.69, 9.17) is 0 Å². The fourth-order valence-corrected chi connectivity index (χ4v) is 3.11. The number of rotatable bonds is 8. The van der Waals surface area contributed by atoms with Crippen molar-refractivity contribution in [1.82, 2.24) is 15.4 Å². The lowest BCUT2D eigenvalue weighted by Crippen LogP contribution is -2.40. The van der Waals surface area contributed by atoms with E-state index in [0.29, 0.717) is 11.5 Å². The topological polar surface area (TPSA) is 82.6 Å². The second-order valence-corrected chi connectivity index (χ2v) is 7.50. The van der Waals surface area contributed by atoms with Crippen molar-refractivity contribution < 1.29 is 12.8 Å². The summed E-state index contributed by atoms with van der Waals surface area (Å²) in [6.07, 6.45) is 0. The Hall–Kier alpha value is -2.45. The van der Waals surface area contributed by atoms with Gasteiger partial charge in [-0.25, -0.2) is 17.5 Å². The van der Waals surface area contributed by atoms with Crippen molar-refractivity contribution in [3.8, 4) is 0 Å². The van der Waals surface area contributed by atoms with Gasteiger partial charge < -0.3 is 10.6 Å². The highest BCUT2D eigenvalue weighted by molar-refractivity contribution is 7.89. The largest absolute Gasteiger partial charge is 0.355 e. The minimum Gasteiger partial charge on any atom is -0.355 e. The van der Waals surface area contributed by atoms with Gasteiger partial charge in [-0.1, -0.05) is 48.5 Å². The van der Waals surface area contributed by atoms with Crippen LogP contribution in [0.3, 0.4) is 0 Å². The quantitative estimate of drug-likeness (QED) is 0.481. The van der Waals surface area contributed by atoms with Crippen LogP contribution in [0.25, 0.3) is 0 Å². The van der Waals surface area contributed by atoms with Gasteiger partial charge in [-0.15, -0.1) is 0 Å². The summed E-state index contributed by atoms with van der Waals surface area (Å²) in [5, 5.41) is 5.86. The summed E-state index contributed by atoms with van der Waals surface area (Å²) in [5.41, 5.74) is 1.40. The summed E-state index contributed by atoms with van der Waals surface area (Å²) >= 11 is 0. The van der Waals surface area contributed by atoms with Crippen LogP contribution in [0.1, 0.15) is 11.1 Å². The van der Waals surface area contributed by atoms with E-state index < -0.39 is 10.0 Å². The third kappa shape index (κ3) is 6.81. The molecule has 0 fully saturated rings. The summed E-state index contributed by atoms with van der Waals surface area (Å²) in [6, 6.07) is 15.7. The zero-order valence-corrected chi connectivity index (χ0v) is 15.4. The molecule has 8 heteroatoms. The molecule has 0 radical (unpaired) electrons. The van der Waals surface area contributed by atoms with Crippen molar-refractivity contribution in [1.29, 1.82) is 0 Å². The lowest BCUT2D eigenvalue weighted by atomic mass is 10.2. The smallest absolute Gasteiger partial charge is 0.213 e. The highest BCUT2D eigenvalue weighted by Gasteiger charge is 2.10. The Kier molecular flexibility index (Phi) is 7.55. The van der Waals surface area contributed by atoms with Crippen LogP contribution in [-0.4, -0.2) is 33.7 Å². The maximum Gasteiger partial charge on any atom is 0.213 e. The van der Waals surface area contributed by atoms with Gasteiger partial charge in [0.05, 0.1) is 5.75 Å². The maximum atomic E-state index is 13.6. The molecule has 6 nitrogen and oxygen atoms in total. The molecule has 0 saturated heterocycles. The Balaban J connectivity index is 1.75. The zero-order valence-electron chi connectivity index (χ0n) is 14.6. The first kappa shape index (κ1) is 19.9. The van der Waals surface area contributed by atoms with Crippen molar-refractivity contribution in [2.75, 3.05) is 19.3 Å². The van der Waals surface area contributed by atoms with Gasteiger partial charge in [0, 0.05) is 32.2 Å². The maximum absolute atomic E-state index is 13.6. The Labute approximate surface area is 153 Å². The molecule has 0 aromatic heterocycles. The van der Waals surface area contributed by atoms with E-state index in [1.807, 2.05) is 30.3 Å². The predicted octanol–water partition coefficient (Wildman–Crippen LogP) is 1.61. The van der Waals surface area contributed by atoms with E-state index in [9.17, 15) is 12.8 Å². The second-order valence-electron chi connectivity index (χ2n) is 5.57. The first-order chi connectivity index (χ1) is 12.5. The van der Waals surface area contributed by atoms with Gasteiger partial charge in [0.25, 0.3) is 0 Å². The number of hydrogen-bond donors (Lipinski definition) is 3. The number of hydrogen-bond acceptors (Lipinski definition) is 3. The van der Waals surface area contributed by atoms with Crippen LogP contribution < -0.4 is 15.4 Å². The second kappa shape index (κ2) is 9.88. The molecule has 2 rings (SSSR count). The molecule has 0 unspecified atom stereocenters. The van der Waals surface area contributed by atoms with E-state index in [1.165, 1.54) is 6.07 Å². The standard InChI is InChI=1S/C18H23FN4O2S/c1-20-18(22-14-16-9-5-6-10-17(16)19)21-11-12-26(24,25)23-13-15-7-3-2-4-8-15/h2-10,23H,11-14H2,1H3,(H2,20,21,22). The van der Waals surface area contributed by atoms with Crippen LogP contribution in [0.5, 0.6) is 0 Å². The molecule has 0 atom stereocenters. The van der Waals surface area contributed by atoms with Crippen LogP contribution >= 0.6 is 0 Å². The number of halogens is 1. The molecular formula is C18H23FN4O2S. The monoisotopic (exact) mass is 378 g/mol. The van der Waals surface area contributed by atoms with Gasteiger partial charge in [0.1, 0.15) is 5.82 Å². The van der Waals surface area contributed by atoms with Crippen LogP contribution in [0, 0.1) is 5.82 Å². The third-order valence-electron chi connectivity index (χ3n) is 3.63. The Bertz CT molecular complexity index is 826. The molecule has 0 aliphatic carbocycles. The summed E-state index contributed by atoms with van der Waals surface area (Å²) < 4.78 is 40.2. The van der Waals surface area contributed by atoms with E-state index >= 15 is 0 Å². The van der Waals surface area contributed by atoms with Gasteiger partial charge in [-0.05, 0) is 11.6 Å². The molecular weight excluding hydrogens is 355 g/mol. The first-order valence-electron chi connectivity index (χ1n) is 8.19. The normalized spacial score (nSPS) is 12.0. The highest BCUT2D eigenvalue weighted by atomic mass is 32.2. The van der Waals surface area contributed by atoms with Gasteiger partial charge in [-0.3, -0.25) is 4.99 Å². The van der Waals surface area contributed by atoms with Crippen molar-refractivity contribution in [2.24, 2.45) is 4.99 Å². The SMILES string of the molecule is CN=C(NCCS(=O)(=O)NCc1ccccc1)NCc1ccccc1F. The van der Waals surface area contributed by atoms with Crippen LogP contribution in [0.4, 0.5) is 4.39 Å². The van der Waals surface area contributed by atoms with Crippen molar-refractivity contribution in [3.05, 3.63) is 71.5 Å². The van der Waals surface area contributed by atoms with Gasteiger partial charge in [0.2, 0.25) is 10.0 Å². The summed E-state index contributed by atoms with van der Waals surface area (Å²) in [7, 11) is -1.84. The molecule has 0 heterocycles. The van der Waals surface area contributed by atoms with Gasteiger partial charge in [-0.2, -0.15) is 0 Å². The number of guanidine groups is 1. The third-order valence-corrected chi connectivity index (χ3v) is 4.96. The number of nitrogens with one attached hydrogen (secondary N) is 3. The molecule has 26 heavy (non-hydrogen) atoms. The molecule has 0 aliphatic rings. The minimum absolute atomic E-state index is 0.0970. The summed E-state index contributed by atoms with van der Waals surface area (Å²) in [4.78, 5) is 4.00. The lowest BCUT2D eigenvalue weighted by molar-refractivity contribution is 0.579. The molecule has 0 aliphatic heterocycles. The van der Waals surface area contributed by atoms with E-state index in [1.54, 1.807) is 25.2 Å². The first-order valence-corrected chi connectivity index (χ1v) is 9.84. The molecule has 140 valence electrons. The molecule has 0 saturated carbocycles. The van der Waals surface area contributed by atoms with Crippen molar-refractivity contribution in [2.45, 2.75) is 13.1 Å². The molecule has 0 bridgehead atoms. The lowest BCUT2D eigenvalue weighted by Gasteiger charge is -2.13.